The summed E-state index contributed by atoms with van der Waals surface area (Å²) in [7, 11) is 1.57. The summed E-state index contributed by atoms with van der Waals surface area (Å²) in [4.78, 5) is 74.4. The minimum Gasteiger partial charge on any atom is -0.345 e. The van der Waals surface area contributed by atoms with Gasteiger partial charge in [0.25, 0.3) is 5.91 Å². The number of aromatic nitrogens is 1. The number of halogens is 2. The van der Waals surface area contributed by atoms with Gasteiger partial charge >= 0.3 is 0 Å². The van der Waals surface area contributed by atoms with Crippen LogP contribution in [0.5, 0.6) is 0 Å². The van der Waals surface area contributed by atoms with Gasteiger partial charge in [-0.3, -0.25) is 28.9 Å². The van der Waals surface area contributed by atoms with Crippen LogP contribution in [0.4, 0.5) is 4.39 Å². The van der Waals surface area contributed by atoms with Crippen molar-refractivity contribution in [3.63, 3.8) is 0 Å². The lowest BCUT2D eigenvalue weighted by Gasteiger charge is -2.29. The highest BCUT2D eigenvalue weighted by molar-refractivity contribution is 7.09. The third-order valence-electron chi connectivity index (χ3n) is 8.64. The number of thiazole rings is 1. The van der Waals surface area contributed by atoms with Crippen molar-refractivity contribution in [2.45, 2.75) is 71.8 Å². The molecule has 3 aromatic rings. The molecule has 0 fully saturated rings. The molecule has 5 amide bonds. The van der Waals surface area contributed by atoms with Crippen molar-refractivity contribution in [2.24, 2.45) is 5.92 Å². The van der Waals surface area contributed by atoms with E-state index in [1.165, 1.54) is 30.1 Å². The Hall–Kier alpha value is -4.40. The molecule has 0 saturated carbocycles. The number of nitrogens with one attached hydrogen (secondary N) is 4. The van der Waals surface area contributed by atoms with Crippen molar-refractivity contribution in [3.8, 4) is 0 Å². The van der Waals surface area contributed by atoms with Gasteiger partial charge in [0.15, 0.2) is 0 Å². The second-order valence-electron chi connectivity index (χ2n) is 13.2. The topological polar surface area (TPSA) is 153 Å². The van der Waals surface area contributed by atoms with E-state index in [0.29, 0.717) is 17.0 Å². The first-order chi connectivity index (χ1) is 24.1. The number of hydrogen-bond acceptors (Lipinski definition) is 8. The first-order valence-corrected chi connectivity index (χ1v) is 18.0. The van der Waals surface area contributed by atoms with Gasteiger partial charge in [0.05, 0.1) is 12.6 Å². The Bertz CT molecular complexity index is 1740. The molecule has 1 aromatic heterocycles. The summed E-state index contributed by atoms with van der Waals surface area (Å²) in [6.07, 6.45) is 0.366. The van der Waals surface area contributed by atoms with E-state index in [1.807, 2.05) is 30.3 Å². The van der Waals surface area contributed by atoms with Crippen LogP contribution >= 0.6 is 22.9 Å². The third kappa shape index (κ3) is 10.6. The van der Waals surface area contributed by atoms with E-state index in [-0.39, 0.29) is 48.4 Å². The number of carbonyl (C=O) groups is 5. The van der Waals surface area contributed by atoms with Crippen molar-refractivity contribution in [1.82, 2.24) is 36.1 Å². The fourth-order valence-corrected chi connectivity index (χ4v) is 6.64. The number of likely N-dealkylation sites (N-methyl/N-ethyl adjacent to an activating group) is 1. The average molecular weight is 742 g/mol. The van der Waals surface area contributed by atoms with Crippen LogP contribution in [0, 0.1) is 18.7 Å². The number of fused-ring (bicyclic) bond motifs is 2. The minimum absolute atomic E-state index is 0.0209. The number of hydrogen-bond donors (Lipinski definition) is 4. The molecule has 4 N–H and O–H groups in total. The van der Waals surface area contributed by atoms with Crippen LogP contribution in [-0.4, -0.2) is 89.1 Å². The number of nitrogens with zero attached hydrogens (tertiary/aromatic N) is 3. The van der Waals surface area contributed by atoms with Crippen LogP contribution in [0.25, 0.3) is 0 Å². The molecule has 2 aromatic carbocycles. The highest BCUT2D eigenvalue weighted by atomic mass is 35.5. The third-order valence-corrected chi connectivity index (χ3v) is 9.96. The van der Waals surface area contributed by atoms with Crippen LogP contribution in [0.2, 0.25) is 5.02 Å². The zero-order chi connectivity index (χ0) is 37.4. The van der Waals surface area contributed by atoms with Gasteiger partial charge in [-0.2, -0.15) is 0 Å². The normalized spacial score (nSPS) is 22.1. The summed E-state index contributed by atoms with van der Waals surface area (Å²) in [6, 6.07) is 9.06. The van der Waals surface area contributed by atoms with Gasteiger partial charge in [0.1, 0.15) is 34.6 Å². The molecule has 12 nitrogen and oxygen atoms in total. The van der Waals surface area contributed by atoms with Crippen LogP contribution < -0.4 is 21.3 Å². The molecule has 2 heterocycles. The summed E-state index contributed by atoms with van der Waals surface area (Å²) >= 11 is 7.61. The van der Waals surface area contributed by atoms with E-state index in [1.54, 1.807) is 50.2 Å². The number of rotatable bonds is 5. The molecule has 1 aliphatic heterocycles. The second kappa shape index (κ2) is 17.7. The van der Waals surface area contributed by atoms with Crippen LogP contribution in [0.1, 0.15) is 65.9 Å². The Balaban J connectivity index is 1.70. The van der Waals surface area contributed by atoms with E-state index in [2.05, 4.69) is 26.3 Å². The number of benzene rings is 2. The van der Waals surface area contributed by atoms with E-state index in [0.717, 1.165) is 5.56 Å². The lowest BCUT2D eigenvalue weighted by atomic mass is 10.0. The minimum atomic E-state index is -1.02. The van der Waals surface area contributed by atoms with Crippen LogP contribution in [0.15, 0.2) is 47.8 Å². The highest BCUT2D eigenvalue weighted by Gasteiger charge is 2.31. The monoisotopic (exact) mass is 741 g/mol. The largest absolute Gasteiger partial charge is 0.345 e. The molecule has 0 spiro atoms. The van der Waals surface area contributed by atoms with E-state index in [4.69, 9.17) is 11.6 Å². The molecule has 0 radical (unpaired) electrons. The van der Waals surface area contributed by atoms with Crippen molar-refractivity contribution < 1.29 is 28.4 Å². The van der Waals surface area contributed by atoms with Crippen LogP contribution in [0.3, 0.4) is 0 Å². The second-order valence-corrected chi connectivity index (χ2v) is 14.5. The summed E-state index contributed by atoms with van der Waals surface area (Å²) in [6.45, 7) is 8.26. The molecule has 1 aliphatic rings. The summed E-state index contributed by atoms with van der Waals surface area (Å²) in [5.41, 5.74) is 1.60. The molecule has 51 heavy (non-hydrogen) atoms. The average Bonchev–Trinajstić information content (AvgIpc) is 3.59. The molecule has 4 atom stereocenters. The standard InChI is InChI=1S/C36H45ClFN7O5S/c1-20(2)31-34(49)40-23(5)36(50)44(6)14-15-45(17-25-26(37)13-12-21(3)30(25)38)18-29(46)41-27(16-24-10-8-7-9-11-24)35-42-28(19-51-35)33(48)39-22(4)32(47)43-31/h7-13,19-20,22-23,27,31H,14-18H2,1-6H3,(H,39,48)(H,40,49)(H,41,46)(H,43,47)/t22-,23+,27-,31-/m0/s1. The maximum Gasteiger partial charge on any atom is 0.271 e. The smallest absolute Gasteiger partial charge is 0.271 e. The van der Waals surface area contributed by atoms with Gasteiger partial charge in [-0.05, 0) is 50.3 Å². The van der Waals surface area contributed by atoms with Gasteiger partial charge < -0.3 is 26.2 Å². The molecule has 0 unspecified atom stereocenters. The van der Waals surface area contributed by atoms with Crippen molar-refractivity contribution in [1.29, 1.82) is 0 Å². The lowest BCUT2D eigenvalue weighted by Crippen LogP contribution is -2.57. The van der Waals surface area contributed by atoms with Gasteiger partial charge in [0.2, 0.25) is 23.6 Å². The Morgan fingerprint density at radius 1 is 0.941 bits per heavy atom. The Kier molecular flexibility index (Phi) is 13.7. The van der Waals surface area contributed by atoms with Crippen molar-refractivity contribution >= 4 is 52.5 Å². The fraction of sp³-hybridized carbons (Fsp3) is 0.444. The van der Waals surface area contributed by atoms with Gasteiger partial charge in [0, 0.05) is 42.6 Å². The van der Waals surface area contributed by atoms with Crippen molar-refractivity contribution in [2.75, 3.05) is 26.7 Å². The van der Waals surface area contributed by atoms with Crippen molar-refractivity contribution in [3.05, 3.63) is 86.1 Å². The zero-order valence-electron chi connectivity index (χ0n) is 29.6. The maximum atomic E-state index is 15.3. The highest BCUT2D eigenvalue weighted by Crippen LogP contribution is 2.25. The predicted octanol–water partition coefficient (Wildman–Crippen LogP) is 3.38. The van der Waals surface area contributed by atoms with Gasteiger partial charge in [-0.15, -0.1) is 11.3 Å². The summed E-state index contributed by atoms with van der Waals surface area (Å²) < 4.78 is 15.3. The van der Waals surface area contributed by atoms with Crippen LogP contribution in [-0.2, 0) is 32.1 Å². The summed E-state index contributed by atoms with van der Waals surface area (Å²) in [5, 5.41) is 13.3. The molecular formula is C36H45ClFN7O5S. The van der Waals surface area contributed by atoms with E-state index >= 15 is 4.39 Å². The first kappa shape index (κ1) is 39.4. The van der Waals surface area contributed by atoms with E-state index in [9.17, 15) is 24.0 Å². The zero-order valence-corrected chi connectivity index (χ0v) is 31.2. The maximum absolute atomic E-state index is 15.3. The fourth-order valence-electron chi connectivity index (χ4n) is 5.59. The molecule has 2 bridgehead atoms. The predicted molar refractivity (Wildman–Crippen MR) is 194 cm³/mol. The van der Waals surface area contributed by atoms with Gasteiger partial charge in [-0.25, -0.2) is 9.37 Å². The quantitative estimate of drug-likeness (QED) is 0.313. The number of aryl methyl sites for hydroxylation is 1. The molecule has 0 aliphatic carbocycles. The van der Waals surface area contributed by atoms with Gasteiger partial charge in [-0.1, -0.05) is 61.8 Å². The number of carbonyl (C=O) groups excluding carboxylic acids is 5. The summed E-state index contributed by atoms with van der Waals surface area (Å²) in [5.74, 6) is -3.38. The first-order valence-electron chi connectivity index (χ1n) is 16.8. The molecule has 0 saturated heterocycles. The Morgan fingerprint density at radius 2 is 1.65 bits per heavy atom. The Morgan fingerprint density at radius 3 is 2.33 bits per heavy atom. The Labute approximate surface area is 306 Å². The van der Waals surface area contributed by atoms with E-state index < -0.39 is 59.5 Å². The molecular weight excluding hydrogens is 697 g/mol. The lowest BCUT2D eigenvalue weighted by molar-refractivity contribution is -0.136. The molecule has 274 valence electrons. The SMILES string of the molecule is Cc1ccc(Cl)c(CN2CCN(C)C(=O)[C@@H](C)NC(=O)[C@H](C(C)C)NC(=O)[C@H](C)NC(=O)c3csc(n3)[C@H](Cc3ccccc3)NC(=O)C2)c1F. The molecule has 4 rings (SSSR count). The number of amides is 5. The molecule has 15 heteroatoms.